The fourth-order valence-corrected chi connectivity index (χ4v) is 3.32. The largest absolute Gasteiger partial charge is 0.461 e. The van der Waals surface area contributed by atoms with Gasteiger partial charge >= 0.3 is 5.97 Å². The Kier molecular flexibility index (Phi) is 4.54. The van der Waals surface area contributed by atoms with Gasteiger partial charge in [-0.1, -0.05) is 39.5 Å². The van der Waals surface area contributed by atoms with Crippen molar-refractivity contribution in [3.63, 3.8) is 0 Å². The molecule has 0 aromatic rings. The number of ether oxygens (including phenoxy) is 1. The smallest absolute Gasteiger partial charge is 0.326 e. The van der Waals surface area contributed by atoms with Crippen molar-refractivity contribution < 1.29 is 9.53 Å². The summed E-state index contributed by atoms with van der Waals surface area (Å²) in [7, 11) is 0. The lowest BCUT2D eigenvalue weighted by Gasteiger charge is -2.35. The lowest BCUT2D eigenvalue weighted by molar-refractivity contribution is -0.159. The summed E-state index contributed by atoms with van der Waals surface area (Å²) in [6, 6.07) is 0. The Labute approximate surface area is 117 Å². The number of nitrogens with two attached hydrogens (primary N) is 1. The predicted molar refractivity (Wildman–Crippen MR) is 76.7 cm³/mol. The van der Waals surface area contributed by atoms with E-state index in [0.717, 1.165) is 51.4 Å². The summed E-state index contributed by atoms with van der Waals surface area (Å²) in [5.74, 6) is -0.140. The molecule has 2 saturated carbocycles. The zero-order valence-electron chi connectivity index (χ0n) is 12.5. The van der Waals surface area contributed by atoms with Crippen LogP contribution in [0.1, 0.15) is 78.1 Å². The molecule has 0 unspecified atom stereocenters. The molecule has 3 heteroatoms. The van der Waals surface area contributed by atoms with Gasteiger partial charge in [-0.25, -0.2) is 0 Å². The minimum atomic E-state index is -0.705. The fourth-order valence-electron chi connectivity index (χ4n) is 3.32. The van der Waals surface area contributed by atoms with Gasteiger partial charge in [0.15, 0.2) is 0 Å². The Bertz CT molecular complexity index is 307. The molecule has 2 rings (SSSR count). The Morgan fingerprint density at radius 2 is 1.53 bits per heavy atom. The highest BCUT2D eigenvalue weighted by molar-refractivity contribution is 5.80. The molecule has 0 amide bonds. The topological polar surface area (TPSA) is 52.3 Å². The number of carbonyl (C=O) groups excluding carboxylic acids is 1. The van der Waals surface area contributed by atoms with Crippen molar-refractivity contribution >= 4 is 5.97 Å². The van der Waals surface area contributed by atoms with E-state index in [1.54, 1.807) is 0 Å². The van der Waals surface area contributed by atoms with E-state index in [1.807, 2.05) is 0 Å². The molecule has 0 bridgehead atoms. The van der Waals surface area contributed by atoms with E-state index in [1.165, 1.54) is 12.8 Å². The first-order chi connectivity index (χ1) is 8.91. The molecule has 0 saturated heterocycles. The maximum atomic E-state index is 12.4. The van der Waals surface area contributed by atoms with Crippen LogP contribution in [0.15, 0.2) is 0 Å². The van der Waals surface area contributed by atoms with Crippen LogP contribution < -0.4 is 5.73 Å². The Morgan fingerprint density at radius 3 is 2.05 bits per heavy atom. The van der Waals surface area contributed by atoms with Crippen LogP contribution in [0.4, 0.5) is 0 Å². The molecular weight excluding hydrogens is 238 g/mol. The van der Waals surface area contributed by atoms with E-state index in [-0.39, 0.29) is 12.1 Å². The fraction of sp³-hybridized carbons (Fsp3) is 0.938. The van der Waals surface area contributed by atoms with Gasteiger partial charge in [0.05, 0.1) is 0 Å². The predicted octanol–water partition coefficient (Wildman–Crippen LogP) is 3.55. The molecule has 0 heterocycles. The molecule has 19 heavy (non-hydrogen) atoms. The van der Waals surface area contributed by atoms with Crippen LogP contribution in [0.5, 0.6) is 0 Å². The van der Waals surface area contributed by atoms with Crippen molar-refractivity contribution in [2.45, 2.75) is 89.7 Å². The molecule has 3 nitrogen and oxygen atoms in total. The van der Waals surface area contributed by atoms with Crippen LogP contribution in [0.3, 0.4) is 0 Å². The monoisotopic (exact) mass is 267 g/mol. The number of carbonyl (C=O) groups is 1. The maximum absolute atomic E-state index is 12.4. The van der Waals surface area contributed by atoms with Crippen molar-refractivity contribution in [1.82, 2.24) is 0 Å². The lowest BCUT2D eigenvalue weighted by atomic mass is 9.76. The molecule has 0 aromatic heterocycles. The molecule has 2 fully saturated rings. The van der Waals surface area contributed by atoms with Crippen LogP contribution in [0, 0.1) is 5.41 Å². The van der Waals surface area contributed by atoms with Crippen molar-refractivity contribution in [3.05, 3.63) is 0 Å². The normalized spacial score (nSPS) is 27.5. The highest BCUT2D eigenvalue weighted by atomic mass is 16.5. The zero-order chi connectivity index (χ0) is 13.9. The third-order valence-corrected chi connectivity index (χ3v) is 4.96. The summed E-state index contributed by atoms with van der Waals surface area (Å²) in [6.07, 6.45) is 10.5. The van der Waals surface area contributed by atoms with Gasteiger partial charge in [-0.15, -0.1) is 0 Å². The van der Waals surface area contributed by atoms with Crippen molar-refractivity contribution in [2.24, 2.45) is 11.1 Å². The van der Waals surface area contributed by atoms with E-state index >= 15 is 0 Å². The van der Waals surface area contributed by atoms with E-state index < -0.39 is 5.54 Å². The molecule has 0 aliphatic heterocycles. The van der Waals surface area contributed by atoms with Crippen LogP contribution in [0.25, 0.3) is 0 Å². The van der Waals surface area contributed by atoms with Crippen LogP contribution in [0.2, 0.25) is 0 Å². The highest BCUT2D eigenvalue weighted by Crippen LogP contribution is 2.37. The Hall–Kier alpha value is -0.570. The van der Waals surface area contributed by atoms with E-state index in [4.69, 9.17) is 10.5 Å². The second-order valence-corrected chi connectivity index (χ2v) is 7.34. The van der Waals surface area contributed by atoms with Gasteiger partial charge in [-0.2, -0.15) is 0 Å². The summed E-state index contributed by atoms with van der Waals surface area (Å²) in [6.45, 7) is 4.58. The SMILES string of the molecule is CC1(C)CCC(OC(=O)C2(N)CCCCCC2)CC1. The summed E-state index contributed by atoms with van der Waals surface area (Å²) in [4.78, 5) is 12.4. The van der Waals surface area contributed by atoms with Gasteiger partial charge in [0, 0.05) is 0 Å². The van der Waals surface area contributed by atoms with Gasteiger partial charge in [-0.3, -0.25) is 4.79 Å². The summed E-state index contributed by atoms with van der Waals surface area (Å²) in [5.41, 5.74) is 6.00. The first-order valence-electron chi connectivity index (χ1n) is 7.91. The van der Waals surface area contributed by atoms with Crippen molar-refractivity contribution in [1.29, 1.82) is 0 Å². The first kappa shape index (κ1) is 14.8. The molecule has 2 N–H and O–H groups in total. The van der Waals surface area contributed by atoms with Crippen LogP contribution >= 0.6 is 0 Å². The maximum Gasteiger partial charge on any atom is 0.326 e. The molecule has 0 radical (unpaired) electrons. The van der Waals surface area contributed by atoms with Crippen molar-refractivity contribution in [3.8, 4) is 0 Å². The average molecular weight is 267 g/mol. The Balaban J connectivity index is 1.86. The van der Waals surface area contributed by atoms with Crippen LogP contribution in [-0.2, 0) is 9.53 Å². The molecule has 110 valence electrons. The number of rotatable bonds is 2. The minimum Gasteiger partial charge on any atom is -0.461 e. The molecule has 2 aliphatic rings. The molecular formula is C16H29NO2. The quantitative estimate of drug-likeness (QED) is 0.615. The summed E-state index contributed by atoms with van der Waals surface area (Å²) in [5, 5.41) is 0. The number of hydrogen-bond acceptors (Lipinski definition) is 3. The van der Waals surface area contributed by atoms with E-state index in [2.05, 4.69) is 13.8 Å². The van der Waals surface area contributed by atoms with Crippen LogP contribution in [-0.4, -0.2) is 17.6 Å². The van der Waals surface area contributed by atoms with Gasteiger partial charge in [0.1, 0.15) is 11.6 Å². The third kappa shape index (κ3) is 3.95. The standard InChI is InChI=1S/C16H29NO2/c1-15(2)11-7-13(8-12-15)19-14(18)16(17)9-5-3-4-6-10-16/h13H,3-12,17H2,1-2H3. The summed E-state index contributed by atoms with van der Waals surface area (Å²) < 4.78 is 5.72. The average Bonchev–Trinajstić information content (AvgIpc) is 2.58. The van der Waals surface area contributed by atoms with Crippen molar-refractivity contribution in [2.75, 3.05) is 0 Å². The van der Waals surface area contributed by atoms with E-state index in [0.29, 0.717) is 5.41 Å². The second kappa shape index (κ2) is 5.82. The van der Waals surface area contributed by atoms with Gasteiger partial charge in [0.25, 0.3) is 0 Å². The highest BCUT2D eigenvalue weighted by Gasteiger charge is 2.38. The lowest BCUT2D eigenvalue weighted by Crippen LogP contribution is -2.50. The molecule has 2 aliphatic carbocycles. The first-order valence-corrected chi connectivity index (χ1v) is 7.91. The van der Waals surface area contributed by atoms with Gasteiger partial charge in [-0.05, 0) is 43.9 Å². The van der Waals surface area contributed by atoms with Gasteiger partial charge < -0.3 is 10.5 Å². The Morgan fingerprint density at radius 1 is 1.00 bits per heavy atom. The number of hydrogen-bond donors (Lipinski definition) is 1. The second-order valence-electron chi connectivity index (χ2n) is 7.34. The zero-order valence-corrected chi connectivity index (χ0v) is 12.5. The third-order valence-electron chi connectivity index (χ3n) is 4.96. The molecule has 0 aromatic carbocycles. The molecule has 0 spiro atoms. The minimum absolute atomic E-state index is 0.101. The summed E-state index contributed by atoms with van der Waals surface area (Å²) >= 11 is 0. The van der Waals surface area contributed by atoms with Gasteiger partial charge in [0.2, 0.25) is 0 Å². The van der Waals surface area contributed by atoms with E-state index in [9.17, 15) is 4.79 Å². The number of esters is 1. The molecule has 0 atom stereocenters.